The van der Waals surface area contributed by atoms with Gasteiger partial charge in [-0.2, -0.15) is 5.10 Å². The van der Waals surface area contributed by atoms with Crippen LogP contribution in [0.4, 0.5) is 5.69 Å². The number of nitrogens with one attached hydrogen (secondary N) is 2. The van der Waals surface area contributed by atoms with Gasteiger partial charge in [-0.25, -0.2) is 5.43 Å². The quantitative estimate of drug-likeness (QED) is 0.339. The summed E-state index contributed by atoms with van der Waals surface area (Å²) < 4.78 is 5.04. The first kappa shape index (κ1) is 20.2. The second kappa shape index (κ2) is 8.61. The molecule has 3 amide bonds. The van der Waals surface area contributed by atoms with Gasteiger partial charge < -0.3 is 10.1 Å². The fraction of sp³-hybridized carbons (Fsp3) is 0.150. The van der Waals surface area contributed by atoms with Crippen molar-refractivity contribution in [3.63, 3.8) is 0 Å². The minimum atomic E-state index is -1.22. The number of hydrazone groups is 1. The van der Waals surface area contributed by atoms with Crippen LogP contribution in [0.5, 0.6) is 5.75 Å². The number of ether oxygens (including phenoxy) is 1. The molecule has 0 saturated carbocycles. The molecular formula is C20H18N4O4S. The molecule has 8 nitrogen and oxygen atoms in total. The van der Waals surface area contributed by atoms with Crippen molar-refractivity contribution in [2.75, 3.05) is 12.0 Å². The normalized spacial score (nSPS) is 16.7. The highest BCUT2D eigenvalue weighted by Crippen LogP contribution is 2.20. The van der Waals surface area contributed by atoms with Gasteiger partial charge in [0.25, 0.3) is 11.8 Å². The van der Waals surface area contributed by atoms with Crippen molar-refractivity contribution in [3.8, 4) is 5.75 Å². The Morgan fingerprint density at radius 3 is 2.45 bits per heavy atom. The lowest BCUT2D eigenvalue weighted by atomic mass is 10.1. The molecule has 0 spiro atoms. The van der Waals surface area contributed by atoms with Crippen molar-refractivity contribution < 1.29 is 19.1 Å². The molecule has 1 saturated heterocycles. The number of hydrogen-bond donors (Lipinski definition) is 2. The fourth-order valence-corrected chi connectivity index (χ4v) is 2.93. The first-order valence-electron chi connectivity index (χ1n) is 8.63. The number of methoxy groups -OCH3 is 1. The summed E-state index contributed by atoms with van der Waals surface area (Å²) >= 11 is 5.14. The SMILES string of the molecule is COc1ccc(C(=O)N/N=C/[C@H]2C(=O)NC(=S)N(c3ccc(C)cc3)C2=O)cc1. The summed E-state index contributed by atoms with van der Waals surface area (Å²) in [5.74, 6) is -2.25. The molecule has 0 unspecified atom stereocenters. The molecule has 3 rings (SSSR count). The van der Waals surface area contributed by atoms with E-state index in [9.17, 15) is 14.4 Å². The summed E-state index contributed by atoms with van der Waals surface area (Å²) in [4.78, 5) is 38.4. The lowest BCUT2D eigenvalue weighted by Gasteiger charge is -2.30. The van der Waals surface area contributed by atoms with E-state index in [0.717, 1.165) is 11.8 Å². The molecule has 0 aromatic heterocycles. The maximum atomic E-state index is 12.8. The zero-order valence-electron chi connectivity index (χ0n) is 15.7. The van der Waals surface area contributed by atoms with Gasteiger partial charge in [-0.15, -0.1) is 0 Å². The van der Waals surface area contributed by atoms with Gasteiger partial charge in [0.15, 0.2) is 11.0 Å². The fourth-order valence-electron chi connectivity index (χ4n) is 2.64. The largest absolute Gasteiger partial charge is 0.497 e. The number of aryl methyl sites for hydroxylation is 1. The summed E-state index contributed by atoms with van der Waals surface area (Å²) in [5.41, 5.74) is 4.21. The number of nitrogens with zero attached hydrogens (tertiary/aromatic N) is 2. The van der Waals surface area contributed by atoms with Gasteiger partial charge in [-0.1, -0.05) is 17.7 Å². The van der Waals surface area contributed by atoms with Gasteiger partial charge in [-0.3, -0.25) is 19.3 Å². The number of amides is 3. The highest BCUT2D eigenvalue weighted by molar-refractivity contribution is 7.80. The van der Waals surface area contributed by atoms with E-state index in [1.54, 1.807) is 36.4 Å². The Morgan fingerprint density at radius 2 is 1.83 bits per heavy atom. The van der Waals surface area contributed by atoms with E-state index in [-0.39, 0.29) is 5.11 Å². The molecule has 1 fully saturated rings. The van der Waals surface area contributed by atoms with Gasteiger partial charge in [0.1, 0.15) is 5.75 Å². The molecule has 0 bridgehead atoms. The van der Waals surface area contributed by atoms with Gasteiger partial charge in [0.05, 0.1) is 12.8 Å². The van der Waals surface area contributed by atoms with E-state index in [1.807, 2.05) is 19.1 Å². The Kier molecular flexibility index (Phi) is 5.99. The predicted molar refractivity (Wildman–Crippen MR) is 112 cm³/mol. The van der Waals surface area contributed by atoms with E-state index in [1.165, 1.54) is 12.0 Å². The van der Waals surface area contributed by atoms with Crippen LogP contribution in [0.1, 0.15) is 15.9 Å². The minimum absolute atomic E-state index is 0.00392. The van der Waals surface area contributed by atoms with Crippen LogP contribution in [0.2, 0.25) is 0 Å². The van der Waals surface area contributed by atoms with Crippen LogP contribution in [0.25, 0.3) is 0 Å². The van der Waals surface area contributed by atoms with Crippen molar-refractivity contribution in [1.82, 2.24) is 10.7 Å². The second-order valence-electron chi connectivity index (χ2n) is 6.23. The Labute approximate surface area is 172 Å². The van der Waals surface area contributed by atoms with E-state index in [2.05, 4.69) is 15.8 Å². The number of hydrogen-bond acceptors (Lipinski definition) is 6. The molecule has 1 atom stereocenters. The molecule has 2 aromatic carbocycles. The zero-order chi connectivity index (χ0) is 21.0. The van der Waals surface area contributed by atoms with Crippen LogP contribution < -0.4 is 20.4 Å². The molecule has 9 heteroatoms. The summed E-state index contributed by atoms with van der Waals surface area (Å²) in [7, 11) is 1.52. The van der Waals surface area contributed by atoms with Crippen molar-refractivity contribution >= 4 is 47.0 Å². The lowest BCUT2D eigenvalue weighted by molar-refractivity contribution is -0.130. The smallest absolute Gasteiger partial charge is 0.271 e. The van der Waals surface area contributed by atoms with Crippen LogP contribution in [0, 0.1) is 12.8 Å². The maximum Gasteiger partial charge on any atom is 0.271 e. The maximum absolute atomic E-state index is 12.8. The van der Waals surface area contributed by atoms with Crippen LogP contribution in [0.3, 0.4) is 0 Å². The third-order valence-electron chi connectivity index (χ3n) is 4.24. The van der Waals surface area contributed by atoms with E-state index < -0.39 is 23.6 Å². The van der Waals surface area contributed by atoms with Crippen LogP contribution in [0.15, 0.2) is 53.6 Å². The Bertz CT molecular complexity index is 987. The van der Waals surface area contributed by atoms with Crippen LogP contribution in [-0.4, -0.2) is 36.2 Å². The summed E-state index contributed by atoms with van der Waals surface area (Å²) in [6, 6.07) is 13.5. The van der Waals surface area contributed by atoms with E-state index in [0.29, 0.717) is 17.0 Å². The van der Waals surface area contributed by atoms with Crippen LogP contribution in [-0.2, 0) is 9.59 Å². The highest BCUT2D eigenvalue weighted by Gasteiger charge is 2.38. The molecule has 2 aromatic rings. The van der Waals surface area contributed by atoms with Gasteiger partial charge >= 0.3 is 0 Å². The highest BCUT2D eigenvalue weighted by atomic mass is 32.1. The van der Waals surface area contributed by atoms with Crippen molar-refractivity contribution in [1.29, 1.82) is 0 Å². The van der Waals surface area contributed by atoms with Crippen molar-refractivity contribution in [2.24, 2.45) is 11.0 Å². The topological polar surface area (TPSA) is 100 Å². The average Bonchev–Trinajstić information content (AvgIpc) is 2.71. The molecule has 0 aliphatic carbocycles. The molecular weight excluding hydrogens is 392 g/mol. The average molecular weight is 410 g/mol. The molecule has 29 heavy (non-hydrogen) atoms. The van der Waals surface area contributed by atoms with Crippen molar-refractivity contribution in [3.05, 3.63) is 59.7 Å². The van der Waals surface area contributed by atoms with Crippen molar-refractivity contribution in [2.45, 2.75) is 6.92 Å². The van der Waals surface area contributed by atoms with Gasteiger partial charge in [0.2, 0.25) is 5.91 Å². The third kappa shape index (κ3) is 4.46. The molecule has 1 aliphatic heterocycles. The number of thiocarbonyl (C=S) groups is 1. The van der Waals surface area contributed by atoms with Gasteiger partial charge in [0, 0.05) is 11.8 Å². The molecule has 2 N–H and O–H groups in total. The Morgan fingerprint density at radius 1 is 1.17 bits per heavy atom. The van der Waals surface area contributed by atoms with E-state index >= 15 is 0 Å². The number of benzene rings is 2. The first-order chi connectivity index (χ1) is 13.9. The Hall–Kier alpha value is -3.59. The molecule has 0 radical (unpaired) electrons. The standard InChI is InChI=1S/C20H18N4O4S/c1-12-3-7-14(8-4-12)24-19(27)16(18(26)22-20(24)29)11-21-23-17(25)13-5-9-15(28-2)10-6-13/h3-11,16H,1-2H3,(H,23,25)(H,22,26,29)/b21-11+/t16-/m0/s1. The number of anilines is 1. The monoisotopic (exact) mass is 410 g/mol. The number of carbonyl (C=O) groups is 3. The first-order valence-corrected chi connectivity index (χ1v) is 9.04. The molecule has 148 valence electrons. The zero-order valence-corrected chi connectivity index (χ0v) is 16.5. The minimum Gasteiger partial charge on any atom is -0.497 e. The Balaban J connectivity index is 1.72. The predicted octanol–water partition coefficient (Wildman–Crippen LogP) is 1.78. The lowest BCUT2D eigenvalue weighted by Crippen LogP contribution is -2.58. The summed E-state index contributed by atoms with van der Waals surface area (Å²) in [6.07, 6.45) is 1.09. The molecule has 1 heterocycles. The van der Waals surface area contributed by atoms with E-state index in [4.69, 9.17) is 17.0 Å². The second-order valence-corrected chi connectivity index (χ2v) is 6.62. The summed E-state index contributed by atoms with van der Waals surface area (Å²) in [5, 5.41) is 6.26. The number of carbonyl (C=O) groups excluding carboxylic acids is 3. The van der Waals surface area contributed by atoms with Gasteiger partial charge in [-0.05, 0) is 55.5 Å². The number of rotatable bonds is 5. The molecule has 1 aliphatic rings. The summed E-state index contributed by atoms with van der Waals surface area (Å²) in [6.45, 7) is 1.92. The third-order valence-corrected chi connectivity index (χ3v) is 4.52. The van der Waals surface area contributed by atoms with Crippen LogP contribution >= 0.6 is 12.2 Å².